The van der Waals surface area contributed by atoms with Gasteiger partial charge >= 0.3 is 0 Å². The standard InChI is InChI=1S/C16H24BrN/c17-16-8-4-7-15(18)12-11-14(16)10-9-13-5-2-1-3-6-13/h1-3,5-6,14-16H,4,7-12,18H2/t14-,15-,16+/m0/s1. The highest BCUT2D eigenvalue weighted by Gasteiger charge is 2.22. The third-order valence-corrected chi connectivity index (χ3v) is 5.33. The van der Waals surface area contributed by atoms with E-state index in [1.807, 2.05) is 0 Å². The summed E-state index contributed by atoms with van der Waals surface area (Å²) in [6.07, 6.45) is 8.72. The van der Waals surface area contributed by atoms with Crippen LogP contribution in [0.4, 0.5) is 0 Å². The summed E-state index contributed by atoms with van der Waals surface area (Å²) in [5.74, 6) is 0.788. The molecule has 2 rings (SSSR count). The van der Waals surface area contributed by atoms with E-state index in [2.05, 4.69) is 46.3 Å². The zero-order chi connectivity index (χ0) is 12.8. The highest BCUT2D eigenvalue weighted by molar-refractivity contribution is 9.09. The van der Waals surface area contributed by atoms with Crippen LogP contribution in [0, 0.1) is 5.92 Å². The lowest BCUT2D eigenvalue weighted by Gasteiger charge is -2.27. The molecular weight excluding hydrogens is 286 g/mol. The predicted octanol–water partition coefficient (Wildman–Crippen LogP) is 4.29. The van der Waals surface area contributed by atoms with Gasteiger partial charge in [0.1, 0.15) is 0 Å². The summed E-state index contributed by atoms with van der Waals surface area (Å²) in [6, 6.07) is 11.3. The second kappa shape index (κ2) is 7.30. The number of benzene rings is 1. The van der Waals surface area contributed by atoms with E-state index in [0.717, 1.165) is 5.92 Å². The largest absolute Gasteiger partial charge is 0.328 e. The van der Waals surface area contributed by atoms with E-state index >= 15 is 0 Å². The first-order chi connectivity index (χ1) is 8.75. The number of rotatable bonds is 3. The van der Waals surface area contributed by atoms with Gasteiger partial charge in [-0.25, -0.2) is 0 Å². The van der Waals surface area contributed by atoms with Gasteiger partial charge in [-0.1, -0.05) is 52.7 Å². The molecule has 0 amide bonds. The second-order valence-electron chi connectivity index (χ2n) is 5.57. The molecule has 0 spiro atoms. The van der Waals surface area contributed by atoms with Gasteiger partial charge in [-0.15, -0.1) is 0 Å². The summed E-state index contributed by atoms with van der Waals surface area (Å²) in [7, 11) is 0. The topological polar surface area (TPSA) is 26.0 Å². The van der Waals surface area contributed by atoms with Gasteiger partial charge < -0.3 is 5.73 Å². The average molecular weight is 310 g/mol. The molecule has 1 aromatic carbocycles. The molecule has 1 saturated carbocycles. The van der Waals surface area contributed by atoms with Crippen LogP contribution in [0.15, 0.2) is 30.3 Å². The van der Waals surface area contributed by atoms with Crippen molar-refractivity contribution in [2.45, 2.75) is 55.8 Å². The number of halogens is 1. The van der Waals surface area contributed by atoms with E-state index in [9.17, 15) is 0 Å². The molecule has 1 nitrogen and oxygen atoms in total. The molecule has 2 N–H and O–H groups in total. The Morgan fingerprint density at radius 1 is 1.06 bits per heavy atom. The maximum absolute atomic E-state index is 6.10. The summed E-state index contributed by atoms with van der Waals surface area (Å²) in [6.45, 7) is 0. The van der Waals surface area contributed by atoms with Crippen molar-refractivity contribution in [3.05, 3.63) is 35.9 Å². The SMILES string of the molecule is N[C@H]1CCC[C@@H](Br)[C@@H](CCc2ccccc2)CC1. The Kier molecular flexibility index (Phi) is 5.71. The van der Waals surface area contributed by atoms with Crippen molar-refractivity contribution in [3.63, 3.8) is 0 Å². The Morgan fingerprint density at radius 2 is 1.83 bits per heavy atom. The Hall–Kier alpha value is -0.340. The van der Waals surface area contributed by atoms with E-state index in [1.54, 1.807) is 0 Å². The fourth-order valence-electron chi connectivity index (χ4n) is 2.89. The summed E-state index contributed by atoms with van der Waals surface area (Å²) in [5.41, 5.74) is 7.57. The Labute approximate surface area is 119 Å². The number of hydrogen-bond acceptors (Lipinski definition) is 1. The van der Waals surface area contributed by atoms with Crippen molar-refractivity contribution in [2.75, 3.05) is 0 Å². The Balaban J connectivity index is 1.85. The minimum Gasteiger partial charge on any atom is -0.328 e. The van der Waals surface area contributed by atoms with Crippen LogP contribution in [-0.2, 0) is 6.42 Å². The van der Waals surface area contributed by atoms with Gasteiger partial charge in [-0.2, -0.15) is 0 Å². The predicted molar refractivity (Wildman–Crippen MR) is 82.0 cm³/mol. The molecular formula is C16H24BrN. The van der Waals surface area contributed by atoms with E-state index in [0.29, 0.717) is 10.9 Å². The monoisotopic (exact) mass is 309 g/mol. The van der Waals surface area contributed by atoms with Crippen LogP contribution < -0.4 is 5.73 Å². The lowest BCUT2D eigenvalue weighted by atomic mass is 9.85. The highest BCUT2D eigenvalue weighted by atomic mass is 79.9. The van der Waals surface area contributed by atoms with Gasteiger partial charge in [-0.3, -0.25) is 0 Å². The van der Waals surface area contributed by atoms with E-state index < -0.39 is 0 Å². The van der Waals surface area contributed by atoms with Gasteiger partial charge in [0.15, 0.2) is 0 Å². The fourth-order valence-corrected chi connectivity index (χ4v) is 3.74. The lowest BCUT2D eigenvalue weighted by Crippen LogP contribution is -2.27. The van der Waals surface area contributed by atoms with Gasteiger partial charge in [0, 0.05) is 10.9 Å². The lowest BCUT2D eigenvalue weighted by molar-refractivity contribution is 0.352. The van der Waals surface area contributed by atoms with Crippen molar-refractivity contribution < 1.29 is 0 Å². The van der Waals surface area contributed by atoms with E-state index in [-0.39, 0.29) is 0 Å². The molecule has 18 heavy (non-hydrogen) atoms. The molecule has 0 aliphatic heterocycles. The summed E-state index contributed by atoms with van der Waals surface area (Å²) < 4.78 is 0. The molecule has 0 unspecified atom stereocenters. The van der Waals surface area contributed by atoms with Gasteiger partial charge in [0.05, 0.1) is 0 Å². The highest BCUT2D eigenvalue weighted by Crippen LogP contribution is 2.30. The normalized spacial score (nSPS) is 29.6. The first kappa shape index (κ1) is 14.1. The van der Waals surface area contributed by atoms with Crippen LogP contribution in [0.3, 0.4) is 0 Å². The smallest absolute Gasteiger partial charge is 0.0174 e. The zero-order valence-electron chi connectivity index (χ0n) is 11.0. The van der Waals surface area contributed by atoms with E-state index in [1.165, 1.54) is 50.5 Å². The second-order valence-corrected chi connectivity index (χ2v) is 6.74. The van der Waals surface area contributed by atoms with Crippen molar-refractivity contribution in [2.24, 2.45) is 11.7 Å². The van der Waals surface area contributed by atoms with Crippen molar-refractivity contribution >= 4 is 15.9 Å². The number of aryl methyl sites for hydroxylation is 1. The maximum atomic E-state index is 6.10. The van der Waals surface area contributed by atoms with Gasteiger partial charge in [0.25, 0.3) is 0 Å². The molecule has 1 aliphatic carbocycles. The molecule has 1 fully saturated rings. The molecule has 3 atom stereocenters. The van der Waals surface area contributed by atoms with Crippen LogP contribution in [0.5, 0.6) is 0 Å². The molecule has 100 valence electrons. The maximum Gasteiger partial charge on any atom is 0.0174 e. The quantitative estimate of drug-likeness (QED) is 0.828. The Morgan fingerprint density at radius 3 is 2.61 bits per heavy atom. The van der Waals surface area contributed by atoms with Crippen molar-refractivity contribution in [1.82, 2.24) is 0 Å². The summed E-state index contributed by atoms with van der Waals surface area (Å²) in [4.78, 5) is 0.689. The van der Waals surface area contributed by atoms with Crippen molar-refractivity contribution in [3.8, 4) is 0 Å². The molecule has 0 bridgehead atoms. The number of hydrogen-bond donors (Lipinski definition) is 1. The summed E-state index contributed by atoms with van der Waals surface area (Å²) in [5, 5.41) is 0. The molecule has 0 saturated heterocycles. The van der Waals surface area contributed by atoms with Crippen LogP contribution in [-0.4, -0.2) is 10.9 Å². The first-order valence-corrected chi connectivity index (χ1v) is 8.11. The van der Waals surface area contributed by atoms with E-state index in [4.69, 9.17) is 5.73 Å². The summed E-state index contributed by atoms with van der Waals surface area (Å²) >= 11 is 3.89. The molecule has 0 aromatic heterocycles. The third-order valence-electron chi connectivity index (χ3n) is 4.12. The van der Waals surface area contributed by atoms with Crippen LogP contribution >= 0.6 is 15.9 Å². The van der Waals surface area contributed by atoms with Gasteiger partial charge in [0.2, 0.25) is 0 Å². The zero-order valence-corrected chi connectivity index (χ0v) is 12.6. The molecule has 1 aliphatic rings. The van der Waals surface area contributed by atoms with Crippen LogP contribution in [0.2, 0.25) is 0 Å². The molecule has 0 heterocycles. The third kappa shape index (κ3) is 4.40. The molecule has 2 heteroatoms. The van der Waals surface area contributed by atoms with Crippen LogP contribution in [0.25, 0.3) is 0 Å². The minimum absolute atomic E-state index is 0.434. The van der Waals surface area contributed by atoms with Crippen LogP contribution in [0.1, 0.15) is 44.1 Å². The Bertz CT molecular complexity index is 338. The van der Waals surface area contributed by atoms with Gasteiger partial charge in [-0.05, 0) is 50.0 Å². The first-order valence-electron chi connectivity index (χ1n) is 7.19. The molecule has 0 radical (unpaired) electrons. The van der Waals surface area contributed by atoms with Crippen molar-refractivity contribution in [1.29, 1.82) is 0 Å². The average Bonchev–Trinajstić information content (AvgIpc) is 2.38. The number of alkyl halides is 1. The molecule has 1 aromatic rings. The fraction of sp³-hybridized carbons (Fsp3) is 0.625. The minimum atomic E-state index is 0.434. The number of nitrogens with two attached hydrogens (primary N) is 1.